The monoisotopic (exact) mass is 316 g/mol. The third-order valence-electron chi connectivity index (χ3n) is 2.33. The van der Waals surface area contributed by atoms with Crippen LogP contribution in [0.25, 0.3) is 0 Å². The van der Waals surface area contributed by atoms with Crippen molar-refractivity contribution >= 4 is 36.4 Å². The average molecular weight is 316 g/mol. The molecule has 0 aromatic heterocycles. The van der Waals surface area contributed by atoms with Crippen molar-refractivity contribution in [1.82, 2.24) is 0 Å². The van der Waals surface area contributed by atoms with Gasteiger partial charge < -0.3 is 8.92 Å². The van der Waals surface area contributed by atoms with Crippen LogP contribution in [-0.2, 0) is 13.7 Å². The number of rotatable bonds is 5. The number of halogens is 1. The van der Waals surface area contributed by atoms with Crippen molar-refractivity contribution in [3.05, 3.63) is 0 Å². The Labute approximate surface area is 94.7 Å². The summed E-state index contributed by atoms with van der Waals surface area (Å²) in [4.78, 5) is 11.3. The van der Waals surface area contributed by atoms with Gasteiger partial charge in [0.2, 0.25) is 0 Å². The van der Waals surface area contributed by atoms with Gasteiger partial charge in [-0.3, -0.25) is 4.79 Å². The average Bonchev–Trinajstić information content (AvgIpc) is 2.03. The van der Waals surface area contributed by atoms with Gasteiger partial charge in [-0.15, -0.1) is 0 Å². The largest absolute Gasteiger partial charge is 0.466 e. The third-order valence-corrected chi connectivity index (χ3v) is 3.32. The second kappa shape index (κ2) is 6.08. The van der Waals surface area contributed by atoms with E-state index in [2.05, 4.69) is 21.2 Å². The lowest BCUT2D eigenvalue weighted by molar-refractivity contribution is -0.154. The van der Waals surface area contributed by atoms with Crippen molar-refractivity contribution in [2.24, 2.45) is 11.8 Å². The van der Waals surface area contributed by atoms with Crippen molar-refractivity contribution in [3.63, 3.8) is 0 Å². The maximum atomic E-state index is 11.3. The van der Waals surface area contributed by atoms with Crippen molar-refractivity contribution in [2.75, 3.05) is 13.2 Å². The van der Waals surface area contributed by atoms with Crippen molar-refractivity contribution < 1.29 is 13.7 Å². The van der Waals surface area contributed by atoms with Gasteiger partial charge in [0.05, 0.1) is 28.3 Å². The van der Waals surface area contributed by atoms with E-state index in [1.807, 2.05) is 6.92 Å². The molecule has 1 rings (SSSR count). The molecule has 0 aromatic rings. The number of ether oxygens (including phenoxy) is 1. The molecule has 1 aliphatic rings. The molecule has 0 aliphatic heterocycles. The lowest BCUT2D eigenvalue weighted by Crippen LogP contribution is -2.36. The summed E-state index contributed by atoms with van der Waals surface area (Å²) in [6.45, 7) is 2.98. The standard InChI is InChI=1S/C8H13IO3S/c1-2-11-8(10)7-4-3-6(7)5-12-13-9/h6-7H,2-5H2,1H3/t6-,7+/m0/s1. The van der Waals surface area contributed by atoms with E-state index in [1.165, 1.54) is 9.21 Å². The first-order chi connectivity index (χ1) is 6.29. The molecule has 0 unspecified atom stereocenters. The molecule has 0 bridgehead atoms. The van der Waals surface area contributed by atoms with Gasteiger partial charge in [-0.25, -0.2) is 0 Å². The summed E-state index contributed by atoms with van der Waals surface area (Å²) in [6, 6.07) is 0. The van der Waals surface area contributed by atoms with Crippen LogP contribution in [0.2, 0.25) is 0 Å². The van der Waals surface area contributed by atoms with Gasteiger partial charge in [0.25, 0.3) is 0 Å². The summed E-state index contributed by atoms with van der Waals surface area (Å²) in [5.41, 5.74) is 0. The predicted molar refractivity (Wildman–Crippen MR) is 60.4 cm³/mol. The first-order valence-corrected chi connectivity index (χ1v) is 7.64. The van der Waals surface area contributed by atoms with Crippen molar-refractivity contribution in [3.8, 4) is 0 Å². The van der Waals surface area contributed by atoms with Crippen LogP contribution in [0.15, 0.2) is 0 Å². The van der Waals surface area contributed by atoms with Gasteiger partial charge in [0.1, 0.15) is 0 Å². The molecule has 0 N–H and O–H groups in total. The molecular formula is C8H13IO3S. The summed E-state index contributed by atoms with van der Waals surface area (Å²) in [5, 5.41) is 0. The zero-order valence-corrected chi connectivity index (χ0v) is 10.5. The Morgan fingerprint density at radius 1 is 1.62 bits per heavy atom. The Hall–Kier alpha value is 0.510. The van der Waals surface area contributed by atoms with Crippen molar-refractivity contribution in [2.45, 2.75) is 19.8 Å². The fraction of sp³-hybridized carbons (Fsp3) is 0.875. The van der Waals surface area contributed by atoms with E-state index in [0.29, 0.717) is 19.1 Å². The Morgan fingerprint density at radius 2 is 2.38 bits per heavy atom. The minimum Gasteiger partial charge on any atom is -0.466 e. The Balaban J connectivity index is 2.23. The van der Waals surface area contributed by atoms with E-state index in [0.717, 1.165) is 12.8 Å². The molecule has 1 aliphatic carbocycles. The Bertz CT molecular complexity index is 177. The van der Waals surface area contributed by atoms with Crippen LogP contribution in [0.1, 0.15) is 19.8 Å². The summed E-state index contributed by atoms with van der Waals surface area (Å²) in [6.07, 6.45) is 2.04. The maximum absolute atomic E-state index is 11.3. The first kappa shape index (κ1) is 11.6. The van der Waals surface area contributed by atoms with Crippen LogP contribution >= 0.6 is 30.4 Å². The predicted octanol–water partition coefficient (Wildman–Crippen LogP) is 2.59. The van der Waals surface area contributed by atoms with Crippen LogP contribution in [0.3, 0.4) is 0 Å². The molecule has 76 valence electrons. The first-order valence-electron chi connectivity index (χ1n) is 4.36. The molecule has 0 radical (unpaired) electrons. The number of carbonyl (C=O) groups is 1. The van der Waals surface area contributed by atoms with E-state index in [1.54, 1.807) is 0 Å². The molecule has 0 aromatic carbocycles. The summed E-state index contributed by atoms with van der Waals surface area (Å²) in [5.74, 6) is 0.408. The smallest absolute Gasteiger partial charge is 0.309 e. The maximum Gasteiger partial charge on any atom is 0.309 e. The molecular weight excluding hydrogens is 303 g/mol. The topological polar surface area (TPSA) is 35.5 Å². The second-order valence-electron chi connectivity index (χ2n) is 3.04. The zero-order chi connectivity index (χ0) is 9.68. The Morgan fingerprint density at radius 3 is 2.85 bits per heavy atom. The van der Waals surface area contributed by atoms with E-state index in [4.69, 9.17) is 8.92 Å². The molecule has 0 saturated heterocycles. The number of hydrogen-bond donors (Lipinski definition) is 0. The van der Waals surface area contributed by atoms with Gasteiger partial charge in [-0.1, -0.05) is 0 Å². The molecule has 0 spiro atoms. The number of esters is 1. The second-order valence-corrected chi connectivity index (χ2v) is 4.48. The van der Waals surface area contributed by atoms with Crippen LogP contribution < -0.4 is 0 Å². The van der Waals surface area contributed by atoms with Crippen LogP contribution in [-0.4, -0.2) is 19.2 Å². The molecule has 5 heteroatoms. The van der Waals surface area contributed by atoms with Crippen molar-refractivity contribution in [1.29, 1.82) is 0 Å². The highest BCUT2D eigenvalue weighted by Crippen LogP contribution is 2.36. The number of hydrogen-bond acceptors (Lipinski definition) is 4. The highest BCUT2D eigenvalue weighted by atomic mass is 127. The molecule has 0 amide bonds. The fourth-order valence-electron chi connectivity index (χ4n) is 1.44. The summed E-state index contributed by atoms with van der Waals surface area (Å²) < 4.78 is 10.1. The molecule has 3 nitrogen and oxygen atoms in total. The molecule has 2 atom stereocenters. The fourth-order valence-corrected chi connectivity index (χ4v) is 2.11. The van der Waals surface area contributed by atoms with Gasteiger partial charge in [0, 0.05) is 21.2 Å². The van der Waals surface area contributed by atoms with Gasteiger partial charge >= 0.3 is 5.97 Å². The van der Waals surface area contributed by atoms with E-state index in [9.17, 15) is 4.79 Å². The zero-order valence-electron chi connectivity index (χ0n) is 7.49. The molecule has 13 heavy (non-hydrogen) atoms. The van der Waals surface area contributed by atoms with Crippen LogP contribution in [0.4, 0.5) is 0 Å². The van der Waals surface area contributed by atoms with Crippen LogP contribution in [0.5, 0.6) is 0 Å². The SMILES string of the molecule is CCOC(=O)[C@@H]1CC[C@H]1COSI. The quantitative estimate of drug-likeness (QED) is 0.444. The van der Waals surface area contributed by atoms with E-state index < -0.39 is 0 Å². The highest BCUT2D eigenvalue weighted by molar-refractivity contribution is 14.2. The van der Waals surface area contributed by atoms with E-state index >= 15 is 0 Å². The van der Waals surface area contributed by atoms with Gasteiger partial charge in [-0.05, 0) is 25.7 Å². The highest BCUT2D eigenvalue weighted by Gasteiger charge is 2.37. The summed E-state index contributed by atoms with van der Waals surface area (Å²) in [7, 11) is 1.32. The van der Waals surface area contributed by atoms with Gasteiger partial charge in [-0.2, -0.15) is 0 Å². The number of carbonyl (C=O) groups excluding carboxylic acids is 1. The third kappa shape index (κ3) is 3.28. The minimum atomic E-state index is -0.0548. The molecule has 1 fully saturated rings. The minimum absolute atomic E-state index is 0.0548. The molecule has 0 heterocycles. The lowest BCUT2D eigenvalue weighted by atomic mass is 9.74. The summed E-state index contributed by atoms with van der Waals surface area (Å²) >= 11 is 2.08. The normalized spacial score (nSPS) is 26.6. The Kier molecular flexibility index (Phi) is 5.42. The lowest BCUT2D eigenvalue weighted by Gasteiger charge is -2.33. The van der Waals surface area contributed by atoms with Crippen LogP contribution in [0, 0.1) is 11.8 Å². The van der Waals surface area contributed by atoms with Gasteiger partial charge in [0.15, 0.2) is 0 Å². The van der Waals surface area contributed by atoms with E-state index in [-0.39, 0.29) is 11.9 Å². The molecule has 1 saturated carbocycles.